The Hall–Kier alpha value is -2.33. The summed E-state index contributed by atoms with van der Waals surface area (Å²) in [4.78, 5) is 6.88. The molecular weight excluding hydrogens is 308 g/mol. The third-order valence-electron chi connectivity index (χ3n) is 3.80. The van der Waals surface area contributed by atoms with Gasteiger partial charge in [-0.25, -0.2) is 4.99 Å². The van der Waals surface area contributed by atoms with Crippen LogP contribution in [0.2, 0.25) is 0 Å². The molecule has 4 heteroatoms. The molecular formula is C21H30N4. The lowest BCUT2D eigenvalue weighted by atomic mass is 10.1. The van der Waals surface area contributed by atoms with Crippen molar-refractivity contribution in [2.45, 2.75) is 33.5 Å². The molecule has 4 nitrogen and oxygen atoms in total. The molecule has 2 aromatic carbocycles. The van der Waals surface area contributed by atoms with Gasteiger partial charge in [-0.05, 0) is 44.6 Å². The van der Waals surface area contributed by atoms with E-state index in [-0.39, 0.29) is 0 Å². The normalized spacial score (nSPS) is 11.6. The van der Waals surface area contributed by atoms with E-state index in [1.807, 2.05) is 0 Å². The second-order valence-electron chi connectivity index (χ2n) is 6.60. The van der Waals surface area contributed by atoms with Crippen molar-refractivity contribution in [2.75, 3.05) is 20.6 Å². The molecule has 2 N–H and O–H groups in total. The van der Waals surface area contributed by atoms with E-state index in [0.29, 0.717) is 6.54 Å². The fourth-order valence-corrected chi connectivity index (χ4v) is 2.71. The molecule has 0 spiro atoms. The van der Waals surface area contributed by atoms with Gasteiger partial charge < -0.3 is 15.5 Å². The predicted molar refractivity (Wildman–Crippen MR) is 107 cm³/mol. The Morgan fingerprint density at radius 1 is 0.960 bits per heavy atom. The van der Waals surface area contributed by atoms with Gasteiger partial charge in [0, 0.05) is 19.6 Å². The molecule has 2 rings (SSSR count). The molecule has 0 aliphatic heterocycles. The van der Waals surface area contributed by atoms with Crippen LogP contribution in [-0.2, 0) is 19.6 Å². The molecule has 0 fully saturated rings. The summed E-state index contributed by atoms with van der Waals surface area (Å²) >= 11 is 0. The van der Waals surface area contributed by atoms with Gasteiger partial charge in [0.15, 0.2) is 5.96 Å². The van der Waals surface area contributed by atoms with E-state index >= 15 is 0 Å². The van der Waals surface area contributed by atoms with Crippen molar-refractivity contribution in [1.29, 1.82) is 0 Å². The van der Waals surface area contributed by atoms with Crippen LogP contribution in [-0.4, -0.2) is 31.5 Å². The summed E-state index contributed by atoms with van der Waals surface area (Å²) in [7, 11) is 4.18. The number of nitrogens with zero attached hydrogens (tertiary/aromatic N) is 2. The minimum Gasteiger partial charge on any atom is -0.357 e. The largest absolute Gasteiger partial charge is 0.357 e. The Labute approximate surface area is 152 Å². The van der Waals surface area contributed by atoms with Crippen molar-refractivity contribution < 1.29 is 0 Å². The molecule has 0 bridgehead atoms. The van der Waals surface area contributed by atoms with Gasteiger partial charge in [0.05, 0.1) is 6.54 Å². The number of nitrogens with one attached hydrogen (secondary N) is 2. The molecule has 0 saturated heterocycles. The third kappa shape index (κ3) is 6.98. The number of hydrogen-bond donors (Lipinski definition) is 2. The number of benzene rings is 2. The highest BCUT2D eigenvalue weighted by Gasteiger charge is 2.01. The molecule has 0 aliphatic carbocycles. The van der Waals surface area contributed by atoms with Crippen LogP contribution in [0.1, 0.15) is 29.2 Å². The zero-order valence-electron chi connectivity index (χ0n) is 15.8. The van der Waals surface area contributed by atoms with Gasteiger partial charge in [0.1, 0.15) is 0 Å². The standard InChI is InChI=1S/C21H30N4/c1-5-22-21(23-14-18-9-6-8-17(2)12-18)24-15-19-10-7-11-20(13-19)16-25(3)4/h6-13H,5,14-16H2,1-4H3,(H2,22,23,24). The van der Waals surface area contributed by atoms with Crippen molar-refractivity contribution in [3.05, 3.63) is 70.8 Å². The van der Waals surface area contributed by atoms with Crippen LogP contribution in [0.4, 0.5) is 0 Å². The fraction of sp³-hybridized carbons (Fsp3) is 0.381. The van der Waals surface area contributed by atoms with Crippen molar-refractivity contribution in [1.82, 2.24) is 15.5 Å². The Morgan fingerprint density at radius 2 is 1.68 bits per heavy atom. The lowest BCUT2D eigenvalue weighted by Gasteiger charge is -2.13. The summed E-state index contributed by atoms with van der Waals surface area (Å²) in [5.74, 6) is 0.849. The third-order valence-corrected chi connectivity index (χ3v) is 3.80. The highest BCUT2D eigenvalue weighted by molar-refractivity contribution is 5.79. The van der Waals surface area contributed by atoms with Crippen LogP contribution in [0.3, 0.4) is 0 Å². The van der Waals surface area contributed by atoms with Gasteiger partial charge in [0.2, 0.25) is 0 Å². The molecule has 0 unspecified atom stereocenters. The first-order valence-electron chi connectivity index (χ1n) is 8.87. The molecule has 0 saturated carbocycles. The molecule has 0 heterocycles. The van der Waals surface area contributed by atoms with Crippen LogP contribution in [0, 0.1) is 6.92 Å². The molecule has 0 aliphatic rings. The number of hydrogen-bond acceptors (Lipinski definition) is 2. The van der Waals surface area contributed by atoms with Crippen LogP contribution in [0.5, 0.6) is 0 Å². The Balaban J connectivity index is 1.98. The maximum Gasteiger partial charge on any atom is 0.191 e. The topological polar surface area (TPSA) is 39.7 Å². The van der Waals surface area contributed by atoms with Crippen LogP contribution in [0.15, 0.2) is 53.5 Å². The second-order valence-corrected chi connectivity index (χ2v) is 6.60. The van der Waals surface area contributed by atoms with Gasteiger partial charge >= 0.3 is 0 Å². The summed E-state index contributed by atoms with van der Waals surface area (Å²) in [5.41, 5.74) is 5.08. The molecule has 2 aromatic rings. The maximum absolute atomic E-state index is 4.70. The molecule has 0 aromatic heterocycles. The van der Waals surface area contributed by atoms with E-state index < -0.39 is 0 Å². The van der Waals surface area contributed by atoms with E-state index in [4.69, 9.17) is 4.99 Å². The molecule has 134 valence electrons. The highest BCUT2D eigenvalue weighted by atomic mass is 15.2. The smallest absolute Gasteiger partial charge is 0.191 e. The van der Waals surface area contributed by atoms with Crippen LogP contribution >= 0.6 is 0 Å². The Morgan fingerprint density at radius 3 is 2.40 bits per heavy atom. The van der Waals surface area contributed by atoms with Crippen molar-refractivity contribution >= 4 is 5.96 Å². The van der Waals surface area contributed by atoms with E-state index in [2.05, 4.69) is 92.0 Å². The summed E-state index contributed by atoms with van der Waals surface area (Å²) in [6.07, 6.45) is 0. The van der Waals surface area contributed by atoms with Crippen molar-refractivity contribution in [3.63, 3.8) is 0 Å². The Bertz CT molecular complexity index is 692. The fourth-order valence-electron chi connectivity index (χ4n) is 2.71. The van der Waals surface area contributed by atoms with Gasteiger partial charge in [0.25, 0.3) is 0 Å². The van der Waals surface area contributed by atoms with Crippen molar-refractivity contribution in [2.24, 2.45) is 4.99 Å². The predicted octanol–water partition coefficient (Wildman–Crippen LogP) is 3.31. The molecule has 25 heavy (non-hydrogen) atoms. The Kier molecular flexibility index (Phi) is 7.48. The first-order valence-corrected chi connectivity index (χ1v) is 8.87. The van der Waals surface area contributed by atoms with E-state index in [9.17, 15) is 0 Å². The number of rotatable bonds is 7. The number of aliphatic imine (C=N–C) groups is 1. The molecule has 0 amide bonds. The minimum atomic E-state index is 0.678. The van der Waals surface area contributed by atoms with Crippen LogP contribution < -0.4 is 10.6 Å². The average Bonchev–Trinajstić information content (AvgIpc) is 2.57. The summed E-state index contributed by atoms with van der Waals surface area (Å²) in [6, 6.07) is 17.2. The second kappa shape index (κ2) is 9.84. The van der Waals surface area contributed by atoms with Gasteiger partial charge in [-0.2, -0.15) is 0 Å². The minimum absolute atomic E-state index is 0.678. The maximum atomic E-state index is 4.70. The van der Waals surface area contributed by atoms with Crippen LogP contribution in [0.25, 0.3) is 0 Å². The summed E-state index contributed by atoms with van der Waals surface area (Å²) in [5, 5.41) is 6.74. The zero-order chi connectivity index (χ0) is 18.1. The quantitative estimate of drug-likeness (QED) is 0.601. The summed E-state index contributed by atoms with van der Waals surface area (Å²) in [6.45, 7) is 7.44. The van der Waals surface area contributed by atoms with Crippen molar-refractivity contribution in [3.8, 4) is 0 Å². The number of aryl methyl sites for hydroxylation is 1. The summed E-state index contributed by atoms with van der Waals surface area (Å²) < 4.78 is 0. The van der Waals surface area contributed by atoms with Gasteiger partial charge in [-0.1, -0.05) is 54.1 Å². The monoisotopic (exact) mass is 338 g/mol. The van der Waals surface area contributed by atoms with E-state index in [0.717, 1.165) is 25.6 Å². The SMILES string of the molecule is CCNC(=NCc1cccc(C)c1)NCc1cccc(CN(C)C)c1. The first-order chi connectivity index (χ1) is 12.1. The van der Waals surface area contributed by atoms with Gasteiger partial charge in [-0.15, -0.1) is 0 Å². The molecule has 0 atom stereocenters. The zero-order valence-corrected chi connectivity index (χ0v) is 15.8. The first kappa shape index (κ1) is 19.0. The van der Waals surface area contributed by atoms with Gasteiger partial charge in [-0.3, -0.25) is 0 Å². The molecule has 0 radical (unpaired) electrons. The number of guanidine groups is 1. The average molecular weight is 338 g/mol. The lowest BCUT2D eigenvalue weighted by Crippen LogP contribution is -2.36. The van der Waals surface area contributed by atoms with E-state index in [1.54, 1.807) is 0 Å². The van der Waals surface area contributed by atoms with E-state index in [1.165, 1.54) is 22.3 Å². The lowest BCUT2D eigenvalue weighted by molar-refractivity contribution is 0.402. The highest BCUT2D eigenvalue weighted by Crippen LogP contribution is 2.07.